The monoisotopic (exact) mass is 352 g/mol. The number of aromatic nitrogens is 4. The number of hydrogen-bond donors (Lipinski definition) is 1. The van der Waals surface area contributed by atoms with Crippen LogP contribution in [0.25, 0.3) is 5.69 Å². The predicted octanol–water partition coefficient (Wildman–Crippen LogP) is 3.97. The van der Waals surface area contributed by atoms with Crippen molar-refractivity contribution in [3.05, 3.63) is 58.1 Å². The van der Waals surface area contributed by atoms with Gasteiger partial charge in [-0.3, -0.25) is 0 Å². The van der Waals surface area contributed by atoms with Crippen LogP contribution in [-0.4, -0.2) is 25.3 Å². The van der Waals surface area contributed by atoms with E-state index in [1.165, 1.54) is 11.8 Å². The number of thioether (sulfide) groups is 1. The summed E-state index contributed by atoms with van der Waals surface area (Å²) in [6, 6.07) is 13.0. The molecule has 0 atom stereocenters. The molecule has 0 aliphatic rings. The van der Waals surface area contributed by atoms with Gasteiger partial charge in [-0.15, -0.1) is 5.10 Å². The SMILES string of the molecule is Oc1c(Cl)cc(CSc2nnnn2-c2ccccc2)cc1Cl. The van der Waals surface area contributed by atoms with Crippen LogP contribution in [0, 0.1) is 0 Å². The molecule has 0 spiro atoms. The number of aromatic hydroxyl groups is 1. The van der Waals surface area contributed by atoms with E-state index in [0.29, 0.717) is 10.9 Å². The first-order valence-corrected chi connectivity index (χ1v) is 8.03. The second kappa shape index (κ2) is 6.56. The van der Waals surface area contributed by atoms with E-state index >= 15 is 0 Å². The van der Waals surface area contributed by atoms with Crippen LogP contribution in [0.3, 0.4) is 0 Å². The van der Waals surface area contributed by atoms with Gasteiger partial charge in [-0.05, 0) is 40.3 Å². The van der Waals surface area contributed by atoms with E-state index in [-0.39, 0.29) is 15.8 Å². The normalized spacial score (nSPS) is 10.8. The molecule has 0 aliphatic heterocycles. The van der Waals surface area contributed by atoms with Gasteiger partial charge in [0.15, 0.2) is 5.75 Å². The molecule has 0 aliphatic carbocycles. The van der Waals surface area contributed by atoms with Gasteiger partial charge in [0.25, 0.3) is 0 Å². The number of rotatable bonds is 4. The van der Waals surface area contributed by atoms with Crippen molar-refractivity contribution in [3.8, 4) is 11.4 Å². The number of benzene rings is 2. The Balaban J connectivity index is 1.80. The first-order valence-electron chi connectivity index (χ1n) is 6.28. The summed E-state index contributed by atoms with van der Waals surface area (Å²) >= 11 is 13.3. The van der Waals surface area contributed by atoms with Gasteiger partial charge in [-0.25, -0.2) is 0 Å². The van der Waals surface area contributed by atoms with Crippen LogP contribution in [0.4, 0.5) is 0 Å². The first kappa shape index (κ1) is 15.1. The molecule has 2 aromatic carbocycles. The fourth-order valence-electron chi connectivity index (χ4n) is 1.85. The van der Waals surface area contributed by atoms with E-state index in [9.17, 15) is 5.11 Å². The Kier molecular flexibility index (Phi) is 4.52. The third kappa shape index (κ3) is 3.19. The van der Waals surface area contributed by atoms with Crippen molar-refractivity contribution in [3.63, 3.8) is 0 Å². The number of para-hydroxylation sites is 1. The van der Waals surface area contributed by atoms with E-state index in [4.69, 9.17) is 23.2 Å². The zero-order valence-electron chi connectivity index (χ0n) is 11.1. The van der Waals surface area contributed by atoms with Gasteiger partial charge >= 0.3 is 0 Å². The van der Waals surface area contributed by atoms with Crippen LogP contribution in [0.2, 0.25) is 10.0 Å². The molecule has 3 aromatic rings. The molecule has 1 N–H and O–H groups in total. The van der Waals surface area contributed by atoms with Crippen molar-refractivity contribution in [1.82, 2.24) is 20.2 Å². The first-order chi connectivity index (χ1) is 10.6. The van der Waals surface area contributed by atoms with Crippen LogP contribution in [0.5, 0.6) is 5.75 Å². The molecular weight excluding hydrogens is 343 g/mol. The summed E-state index contributed by atoms with van der Waals surface area (Å²) in [6.07, 6.45) is 0. The molecule has 1 aromatic heterocycles. The van der Waals surface area contributed by atoms with Crippen molar-refractivity contribution in [2.75, 3.05) is 0 Å². The average Bonchev–Trinajstić information content (AvgIpc) is 3.00. The zero-order chi connectivity index (χ0) is 15.5. The molecule has 1 heterocycles. The lowest BCUT2D eigenvalue weighted by Gasteiger charge is -2.06. The maximum absolute atomic E-state index is 9.57. The lowest BCUT2D eigenvalue weighted by Crippen LogP contribution is -1.98. The quantitative estimate of drug-likeness (QED) is 0.719. The highest BCUT2D eigenvalue weighted by molar-refractivity contribution is 7.98. The van der Waals surface area contributed by atoms with Gasteiger partial charge in [-0.1, -0.05) is 53.2 Å². The molecule has 3 rings (SSSR count). The van der Waals surface area contributed by atoms with Crippen molar-refractivity contribution in [2.24, 2.45) is 0 Å². The topological polar surface area (TPSA) is 63.8 Å². The third-order valence-electron chi connectivity index (χ3n) is 2.89. The van der Waals surface area contributed by atoms with E-state index in [0.717, 1.165) is 11.3 Å². The largest absolute Gasteiger partial charge is 0.505 e. The Labute approximate surface area is 140 Å². The lowest BCUT2D eigenvalue weighted by atomic mass is 10.2. The van der Waals surface area contributed by atoms with E-state index in [1.54, 1.807) is 16.8 Å². The van der Waals surface area contributed by atoms with Gasteiger partial charge < -0.3 is 5.11 Å². The minimum Gasteiger partial charge on any atom is -0.505 e. The van der Waals surface area contributed by atoms with Gasteiger partial charge in [0.05, 0.1) is 15.7 Å². The number of phenolic OH excluding ortho intramolecular Hbond substituents is 1. The van der Waals surface area contributed by atoms with E-state index < -0.39 is 0 Å². The molecule has 0 fully saturated rings. The van der Waals surface area contributed by atoms with Gasteiger partial charge in [-0.2, -0.15) is 4.68 Å². The van der Waals surface area contributed by atoms with Crippen LogP contribution in [0.1, 0.15) is 5.56 Å². The Morgan fingerprint density at radius 2 is 1.77 bits per heavy atom. The van der Waals surface area contributed by atoms with Gasteiger partial charge in [0.2, 0.25) is 5.16 Å². The summed E-state index contributed by atoms with van der Waals surface area (Å²) in [6.45, 7) is 0. The van der Waals surface area contributed by atoms with Gasteiger partial charge in [0.1, 0.15) is 0 Å². The number of nitrogens with zero attached hydrogens (tertiary/aromatic N) is 4. The van der Waals surface area contributed by atoms with Crippen LogP contribution in [0.15, 0.2) is 47.6 Å². The van der Waals surface area contributed by atoms with E-state index in [2.05, 4.69) is 15.5 Å². The zero-order valence-corrected chi connectivity index (χ0v) is 13.5. The van der Waals surface area contributed by atoms with E-state index in [1.807, 2.05) is 30.3 Å². The van der Waals surface area contributed by atoms with Crippen molar-refractivity contribution >= 4 is 35.0 Å². The summed E-state index contributed by atoms with van der Waals surface area (Å²) in [5, 5.41) is 22.4. The highest BCUT2D eigenvalue weighted by Gasteiger charge is 2.11. The van der Waals surface area contributed by atoms with Crippen LogP contribution < -0.4 is 0 Å². The number of hydrogen-bond acceptors (Lipinski definition) is 5. The number of phenols is 1. The third-order valence-corrected chi connectivity index (χ3v) is 4.45. The van der Waals surface area contributed by atoms with Gasteiger partial charge in [0, 0.05) is 5.75 Å². The van der Waals surface area contributed by atoms with Crippen LogP contribution in [-0.2, 0) is 5.75 Å². The van der Waals surface area contributed by atoms with Crippen molar-refractivity contribution < 1.29 is 5.11 Å². The molecule has 0 radical (unpaired) electrons. The number of tetrazole rings is 1. The molecule has 0 bridgehead atoms. The maximum atomic E-state index is 9.57. The van der Waals surface area contributed by atoms with Crippen LogP contribution >= 0.6 is 35.0 Å². The second-order valence-corrected chi connectivity index (χ2v) is 6.16. The number of halogens is 2. The fourth-order valence-corrected chi connectivity index (χ4v) is 3.20. The molecule has 8 heteroatoms. The minimum absolute atomic E-state index is 0.105. The Bertz CT molecular complexity index is 772. The predicted molar refractivity (Wildman–Crippen MR) is 86.8 cm³/mol. The maximum Gasteiger partial charge on any atom is 0.214 e. The fraction of sp³-hybridized carbons (Fsp3) is 0.0714. The summed E-state index contributed by atoms with van der Waals surface area (Å²) in [5.74, 6) is 0.471. The molecule has 0 amide bonds. The Morgan fingerprint density at radius 3 is 2.45 bits per heavy atom. The molecule has 112 valence electrons. The molecule has 0 unspecified atom stereocenters. The molecule has 0 saturated carbocycles. The highest BCUT2D eigenvalue weighted by atomic mass is 35.5. The smallest absolute Gasteiger partial charge is 0.214 e. The summed E-state index contributed by atoms with van der Waals surface area (Å²) in [5.41, 5.74) is 1.76. The molecule has 22 heavy (non-hydrogen) atoms. The summed E-state index contributed by atoms with van der Waals surface area (Å²) in [4.78, 5) is 0. The average molecular weight is 353 g/mol. The highest BCUT2D eigenvalue weighted by Crippen LogP contribution is 2.34. The molecule has 0 saturated heterocycles. The van der Waals surface area contributed by atoms with Crippen molar-refractivity contribution in [1.29, 1.82) is 0 Å². The minimum atomic E-state index is -0.105. The summed E-state index contributed by atoms with van der Waals surface area (Å²) < 4.78 is 1.66. The van der Waals surface area contributed by atoms with Crippen molar-refractivity contribution in [2.45, 2.75) is 10.9 Å². The molecule has 5 nitrogen and oxygen atoms in total. The Morgan fingerprint density at radius 1 is 1.09 bits per heavy atom. The standard InChI is InChI=1S/C14H10Cl2N4OS/c15-11-6-9(7-12(16)13(11)21)8-22-14-17-18-19-20(14)10-4-2-1-3-5-10/h1-7,21H,8H2. The molecular formula is C14H10Cl2N4OS. The summed E-state index contributed by atoms with van der Waals surface area (Å²) in [7, 11) is 0. The Hall–Kier alpha value is -1.76. The lowest BCUT2D eigenvalue weighted by molar-refractivity contribution is 0.475. The second-order valence-electron chi connectivity index (χ2n) is 4.41.